The molecule has 0 bridgehead atoms. The quantitative estimate of drug-likeness (QED) is 0.753. The Kier molecular flexibility index (Phi) is 6.55. The zero-order valence-electron chi connectivity index (χ0n) is 16.6. The number of hydrogen-bond acceptors (Lipinski definition) is 3. The van der Waals surface area contributed by atoms with Crippen LogP contribution in [0.15, 0.2) is 60.7 Å². The van der Waals surface area contributed by atoms with Crippen LogP contribution >= 0.6 is 11.8 Å². The van der Waals surface area contributed by atoms with Gasteiger partial charge in [0.25, 0.3) is 0 Å². The van der Waals surface area contributed by atoms with Crippen molar-refractivity contribution >= 4 is 23.6 Å². The van der Waals surface area contributed by atoms with Crippen molar-refractivity contribution in [2.45, 2.75) is 37.0 Å². The van der Waals surface area contributed by atoms with Gasteiger partial charge < -0.3 is 10.2 Å². The Morgan fingerprint density at radius 2 is 1.45 bits per heavy atom. The molecule has 2 aromatic carbocycles. The van der Waals surface area contributed by atoms with E-state index < -0.39 is 0 Å². The van der Waals surface area contributed by atoms with E-state index in [1.54, 1.807) is 11.8 Å². The molecule has 5 heteroatoms. The maximum Gasteiger partial charge on any atom is 0.232 e. The van der Waals surface area contributed by atoms with Gasteiger partial charge in [-0.3, -0.25) is 9.59 Å². The molecule has 2 aliphatic rings. The molecule has 2 amide bonds. The summed E-state index contributed by atoms with van der Waals surface area (Å²) in [6.07, 6.45) is 3.78. The lowest BCUT2D eigenvalue weighted by atomic mass is 10.0. The van der Waals surface area contributed by atoms with Gasteiger partial charge in [0.05, 0.1) is 11.0 Å². The highest BCUT2D eigenvalue weighted by Gasteiger charge is 2.32. The first-order valence-corrected chi connectivity index (χ1v) is 11.6. The monoisotopic (exact) mass is 408 g/mol. The second-order valence-corrected chi connectivity index (χ2v) is 9.04. The number of carbonyl (C=O) groups is 2. The highest BCUT2D eigenvalue weighted by Crippen LogP contribution is 2.35. The summed E-state index contributed by atoms with van der Waals surface area (Å²) in [6.45, 7) is 1.46. The molecule has 1 N–H and O–H groups in total. The van der Waals surface area contributed by atoms with Crippen molar-refractivity contribution in [3.05, 3.63) is 71.8 Å². The average molecular weight is 409 g/mol. The van der Waals surface area contributed by atoms with Gasteiger partial charge in [-0.15, -0.1) is 11.8 Å². The van der Waals surface area contributed by atoms with Crippen molar-refractivity contribution in [3.8, 4) is 0 Å². The molecular formula is C24H28N2O2S. The topological polar surface area (TPSA) is 49.4 Å². The van der Waals surface area contributed by atoms with E-state index in [4.69, 9.17) is 0 Å². The zero-order chi connectivity index (χ0) is 20.1. The molecule has 2 fully saturated rings. The van der Waals surface area contributed by atoms with Crippen molar-refractivity contribution in [3.63, 3.8) is 0 Å². The number of piperidine rings is 1. The highest BCUT2D eigenvalue weighted by molar-refractivity contribution is 8.00. The lowest BCUT2D eigenvalue weighted by Gasteiger charge is -2.32. The Hall–Kier alpha value is -2.27. The predicted molar refractivity (Wildman–Crippen MR) is 118 cm³/mol. The van der Waals surface area contributed by atoms with Crippen LogP contribution in [0.3, 0.4) is 0 Å². The minimum Gasteiger partial charge on any atom is -0.353 e. The Morgan fingerprint density at radius 1 is 0.897 bits per heavy atom. The molecule has 0 aromatic heterocycles. The summed E-state index contributed by atoms with van der Waals surface area (Å²) in [7, 11) is 0. The molecule has 152 valence electrons. The Balaban J connectivity index is 1.31. The van der Waals surface area contributed by atoms with Gasteiger partial charge in [0.15, 0.2) is 0 Å². The van der Waals surface area contributed by atoms with E-state index >= 15 is 0 Å². The fraction of sp³-hybridized carbons (Fsp3) is 0.417. The largest absolute Gasteiger partial charge is 0.353 e. The predicted octanol–water partition coefficient (Wildman–Crippen LogP) is 4.03. The van der Waals surface area contributed by atoms with Gasteiger partial charge >= 0.3 is 0 Å². The summed E-state index contributed by atoms with van der Waals surface area (Å²) >= 11 is 1.69. The third kappa shape index (κ3) is 5.41. The zero-order valence-corrected chi connectivity index (χ0v) is 17.4. The van der Waals surface area contributed by atoms with Crippen LogP contribution in [0.4, 0.5) is 0 Å². The number of hydrogen-bond donors (Lipinski definition) is 1. The normalized spacial score (nSPS) is 17.3. The number of amides is 2. The molecule has 1 saturated heterocycles. The SMILES string of the molecule is O=C(NC1CCN(C(=O)CSC(c2ccccc2)c2ccccc2)CC1)C1CC1. The highest BCUT2D eigenvalue weighted by atomic mass is 32.2. The van der Waals surface area contributed by atoms with E-state index in [9.17, 15) is 9.59 Å². The maximum atomic E-state index is 12.8. The standard InChI is InChI=1S/C24H28N2O2S/c27-22(26-15-13-21(14-16-26)25-24(28)20-11-12-20)17-29-23(18-7-3-1-4-8-18)19-9-5-2-6-10-19/h1-10,20-21,23H,11-17H2,(H,25,28). The minimum atomic E-state index is 0.150. The van der Waals surface area contributed by atoms with Gasteiger partial charge in [0.1, 0.15) is 0 Å². The van der Waals surface area contributed by atoms with Crippen molar-refractivity contribution in [2.24, 2.45) is 5.92 Å². The van der Waals surface area contributed by atoms with E-state index in [-0.39, 0.29) is 29.0 Å². The molecule has 1 heterocycles. The van der Waals surface area contributed by atoms with Gasteiger partial charge in [-0.2, -0.15) is 0 Å². The van der Waals surface area contributed by atoms with Crippen molar-refractivity contribution in [1.29, 1.82) is 0 Å². The number of thioether (sulfide) groups is 1. The van der Waals surface area contributed by atoms with E-state index in [1.165, 1.54) is 11.1 Å². The Morgan fingerprint density at radius 3 is 1.97 bits per heavy atom. The first kappa shape index (κ1) is 20.0. The van der Waals surface area contributed by atoms with Crippen LogP contribution in [0, 0.1) is 5.92 Å². The van der Waals surface area contributed by atoms with Gasteiger partial charge in [0, 0.05) is 25.0 Å². The van der Waals surface area contributed by atoms with Crippen LogP contribution in [0.2, 0.25) is 0 Å². The van der Waals surface area contributed by atoms with E-state index in [0.29, 0.717) is 5.75 Å². The van der Waals surface area contributed by atoms with Crippen LogP contribution < -0.4 is 5.32 Å². The number of benzene rings is 2. The van der Waals surface area contributed by atoms with Gasteiger partial charge in [0.2, 0.25) is 11.8 Å². The van der Waals surface area contributed by atoms with Gasteiger partial charge in [-0.05, 0) is 36.8 Å². The fourth-order valence-electron chi connectivity index (χ4n) is 3.82. The van der Waals surface area contributed by atoms with E-state index in [1.807, 2.05) is 41.3 Å². The second kappa shape index (κ2) is 9.49. The van der Waals surface area contributed by atoms with Gasteiger partial charge in [-0.25, -0.2) is 0 Å². The van der Waals surface area contributed by atoms with Crippen LogP contribution in [0.25, 0.3) is 0 Å². The van der Waals surface area contributed by atoms with Gasteiger partial charge in [-0.1, -0.05) is 60.7 Å². The summed E-state index contributed by atoms with van der Waals surface area (Å²) in [5.41, 5.74) is 2.44. The molecule has 1 aliphatic heterocycles. The number of carbonyl (C=O) groups excluding carboxylic acids is 2. The number of nitrogens with zero attached hydrogens (tertiary/aromatic N) is 1. The third-order valence-electron chi connectivity index (χ3n) is 5.72. The van der Waals surface area contributed by atoms with Crippen LogP contribution in [-0.4, -0.2) is 41.6 Å². The average Bonchev–Trinajstić information content (AvgIpc) is 3.61. The summed E-state index contributed by atoms with van der Waals surface area (Å²) in [6, 6.07) is 21.0. The maximum absolute atomic E-state index is 12.8. The molecule has 0 spiro atoms. The van der Waals surface area contributed by atoms with Crippen molar-refractivity contribution < 1.29 is 9.59 Å². The first-order chi connectivity index (χ1) is 14.2. The lowest BCUT2D eigenvalue weighted by molar-refractivity contribution is -0.129. The van der Waals surface area contributed by atoms with Crippen molar-refractivity contribution in [2.75, 3.05) is 18.8 Å². The summed E-state index contributed by atoms with van der Waals surface area (Å²) < 4.78 is 0. The number of nitrogens with one attached hydrogen (secondary N) is 1. The molecule has 2 aromatic rings. The molecule has 0 radical (unpaired) electrons. The Bertz CT molecular complexity index is 776. The summed E-state index contributed by atoms with van der Waals surface area (Å²) in [5, 5.41) is 3.30. The molecule has 1 aliphatic carbocycles. The molecule has 4 nitrogen and oxygen atoms in total. The van der Waals surface area contributed by atoms with Crippen LogP contribution in [0.5, 0.6) is 0 Å². The minimum absolute atomic E-state index is 0.150. The smallest absolute Gasteiger partial charge is 0.232 e. The molecule has 4 rings (SSSR count). The van der Waals surface area contributed by atoms with E-state index in [0.717, 1.165) is 38.8 Å². The summed E-state index contributed by atoms with van der Waals surface area (Å²) in [4.78, 5) is 26.7. The second-order valence-electron chi connectivity index (χ2n) is 7.95. The lowest BCUT2D eigenvalue weighted by Crippen LogP contribution is -2.47. The van der Waals surface area contributed by atoms with Crippen LogP contribution in [-0.2, 0) is 9.59 Å². The fourth-order valence-corrected chi connectivity index (χ4v) is 5.02. The molecular weight excluding hydrogens is 380 g/mol. The third-order valence-corrected chi connectivity index (χ3v) is 7.01. The summed E-state index contributed by atoms with van der Waals surface area (Å²) in [5.74, 6) is 1.12. The number of likely N-dealkylation sites (tertiary alicyclic amines) is 1. The van der Waals surface area contributed by atoms with Crippen molar-refractivity contribution in [1.82, 2.24) is 10.2 Å². The molecule has 0 unspecified atom stereocenters. The molecule has 0 atom stereocenters. The Labute approximate surface area is 177 Å². The van der Waals surface area contributed by atoms with E-state index in [2.05, 4.69) is 29.6 Å². The van der Waals surface area contributed by atoms with Crippen LogP contribution in [0.1, 0.15) is 42.1 Å². The number of rotatable bonds is 7. The first-order valence-electron chi connectivity index (χ1n) is 10.5. The molecule has 1 saturated carbocycles. The molecule has 29 heavy (non-hydrogen) atoms.